The number of nitrogens with two attached hydrogens (primary N) is 1. The molecular weight excluding hydrogens is 298 g/mol. The zero-order valence-electron chi connectivity index (χ0n) is 12.1. The summed E-state index contributed by atoms with van der Waals surface area (Å²) < 4.78 is 32.2. The number of benzene rings is 1. The van der Waals surface area contributed by atoms with Crippen molar-refractivity contribution in [3.63, 3.8) is 0 Å². The number of ether oxygens (including phenoxy) is 1. The average molecular weight is 317 g/mol. The van der Waals surface area contributed by atoms with E-state index in [0.29, 0.717) is 0 Å². The first-order valence-corrected chi connectivity index (χ1v) is 7.76. The molecule has 0 fully saturated rings. The Kier molecular flexibility index (Phi) is 5.64. The molecule has 0 radical (unpaired) electrons. The number of sulfonamides is 1. The summed E-state index contributed by atoms with van der Waals surface area (Å²) in [6.07, 6.45) is 0. The maximum Gasteiger partial charge on any atom is 0.271 e. The SMILES string of the molecule is COc1ccc([N+](=O)[O-])cc1S(=O)(=O)NC(CN)C(C)C. The van der Waals surface area contributed by atoms with Crippen molar-refractivity contribution in [3.05, 3.63) is 28.3 Å². The Morgan fingerprint density at radius 3 is 2.48 bits per heavy atom. The zero-order chi connectivity index (χ0) is 16.2. The summed E-state index contributed by atoms with van der Waals surface area (Å²) in [5.74, 6) is 0.0158. The number of nitrogens with zero attached hydrogens (tertiary/aromatic N) is 1. The van der Waals surface area contributed by atoms with E-state index < -0.39 is 21.0 Å². The van der Waals surface area contributed by atoms with Crippen molar-refractivity contribution >= 4 is 15.7 Å². The number of nitro groups is 1. The molecule has 0 spiro atoms. The van der Waals surface area contributed by atoms with Gasteiger partial charge in [0.2, 0.25) is 10.0 Å². The molecule has 0 bridgehead atoms. The molecule has 0 aromatic heterocycles. The van der Waals surface area contributed by atoms with Gasteiger partial charge in [0.25, 0.3) is 5.69 Å². The number of non-ortho nitro benzene ring substituents is 1. The Labute approximate surface area is 123 Å². The molecule has 1 atom stereocenters. The summed E-state index contributed by atoms with van der Waals surface area (Å²) >= 11 is 0. The third-order valence-electron chi connectivity index (χ3n) is 3.01. The molecule has 118 valence electrons. The molecule has 0 saturated carbocycles. The van der Waals surface area contributed by atoms with Gasteiger partial charge in [0.15, 0.2) is 0 Å². The van der Waals surface area contributed by atoms with Gasteiger partial charge in [-0.25, -0.2) is 13.1 Å². The van der Waals surface area contributed by atoms with Crippen LogP contribution in [0.15, 0.2) is 23.1 Å². The molecule has 0 saturated heterocycles. The van der Waals surface area contributed by atoms with Crippen LogP contribution in [0.5, 0.6) is 5.75 Å². The second kappa shape index (κ2) is 6.83. The molecule has 9 heteroatoms. The Hall–Kier alpha value is -1.71. The van der Waals surface area contributed by atoms with Gasteiger partial charge in [-0.15, -0.1) is 0 Å². The highest BCUT2D eigenvalue weighted by Gasteiger charge is 2.26. The van der Waals surface area contributed by atoms with Crippen molar-refractivity contribution in [3.8, 4) is 5.75 Å². The average Bonchev–Trinajstić information content (AvgIpc) is 2.43. The molecule has 0 amide bonds. The molecule has 1 unspecified atom stereocenters. The molecule has 0 aliphatic heterocycles. The van der Waals surface area contributed by atoms with Crippen LogP contribution in [0, 0.1) is 16.0 Å². The number of hydrogen-bond acceptors (Lipinski definition) is 6. The summed E-state index contributed by atoms with van der Waals surface area (Å²) in [5.41, 5.74) is 5.21. The van der Waals surface area contributed by atoms with E-state index in [4.69, 9.17) is 10.5 Å². The first-order valence-electron chi connectivity index (χ1n) is 6.27. The molecule has 1 aromatic carbocycles. The van der Waals surface area contributed by atoms with Gasteiger partial charge in [0, 0.05) is 24.7 Å². The molecule has 0 aliphatic carbocycles. The lowest BCUT2D eigenvalue weighted by Crippen LogP contribution is -2.43. The third kappa shape index (κ3) is 4.13. The van der Waals surface area contributed by atoms with E-state index in [9.17, 15) is 18.5 Å². The van der Waals surface area contributed by atoms with Crippen molar-refractivity contribution in [2.75, 3.05) is 13.7 Å². The topological polar surface area (TPSA) is 125 Å². The molecule has 0 heterocycles. The summed E-state index contributed by atoms with van der Waals surface area (Å²) in [6.45, 7) is 3.77. The van der Waals surface area contributed by atoms with Gasteiger partial charge in [-0.2, -0.15) is 0 Å². The van der Waals surface area contributed by atoms with Crippen LogP contribution in [0.25, 0.3) is 0 Å². The second-order valence-corrected chi connectivity index (χ2v) is 6.48. The first kappa shape index (κ1) is 17.3. The van der Waals surface area contributed by atoms with Crippen molar-refractivity contribution in [1.82, 2.24) is 4.72 Å². The van der Waals surface area contributed by atoms with Gasteiger partial charge in [0.1, 0.15) is 10.6 Å². The molecule has 1 aromatic rings. The summed E-state index contributed by atoms with van der Waals surface area (Å²) in [5, 5.41) is 10.8. The van der Waals surface area contributed by atoms with E-state index in [1.165, 1.54) is 19.2 Å². The van der Waals surface area contributed by atoms with Gasteiger partial charge in [-0.3, -0.25) is 10.1 Å². The number of hydrogen-bond donors (Lipinski definition) is 2. The fourth-order valence-corrected chi connectivity index (χ4v) is 3.29. The highest BCUT2D eigenvalue weighted by atomic mass is 32.2. The van der Waals surface area contributed by atoms with Crippen LogP contribution in [0.2, 0.25) is 0 Å². The Balaban J connectivity index is 3.29. The minimum absolute atomic E-state index is 0.0190. The maximum absolute atomic E-state index is 12.4. The predicted octanol–water partition coefficient (Wildman–Crippen LogP) is 0.865. The molecule has 21 heavy (non-hydrogen) atoms. The van der Waals surface area contributed by atoms with Gasteiger partial charge in [-0.05, 0) is 12.0 Å². The van der Waals surface area contributed by atoms with Gasteiger partial charge in [-0.1, -0.05) is 13.8 Å². The standard InChI is InChI=1S/C12H19N3O5S/c1-8(2)10(7-13)14-21(18,19)12-6-9(15(16)17)4-5-11(12)20-3/h4-6,8,10,14H,7,13H2,1-3H3. The minimum Gasteiger partial charge on any atom is -0.495 e. The van der Waals surface area contributed by atoms with E-state index in [1.54, 1.807) is 0 Å². The van der Waals surface area contributed by atoms with Crippen molar-refractivity contribution in [1.29, 1.82) is 0 Å². The smallest absolute Gasteiger partial charge is 0.271 e. The Bertz CT molecular complexity index is 615. The maximum atomic E-state index is 12.4. The van der Waals surface area contributed by atoms with E-state index in [0.717, 1.165) is 6.07 Å². The van der Waals surface area contributed by atoms with Crippen LogP contribution >= 0.6 is 0 Å². The van der Waals surface area contributed by atoms with E-state index in [2.05, 4.69) is 4.72 Å². The fourth-order valence-electron chi connectivity index (χ4n) is 1.71. The minimum atomic E-state index is -3.97. The number of methoxy groups -OCH3 is 1. The van der Waals surface area contributed by atoms with E-state index in [1.807, 2.05) is 13.8 Å². The number of nitro benzene ring substituents is 1. The van der Waals surface area contributed by atoms with Gasteiger partial charge >= 0.3 is 0 Å². The van der Waals surface area contributed by atoms with Gasteiger partial charge in [0.05, 0.1) is 12.0 Å². The molecule has 1 rings (SSSR count). The van der Waals surface area contributed by atoms with E-state index in [-0.39, 0.29) is 28.8 Å². The number of rotatable bonds is 7. The van der Waals surface area contributed by atoms with Crippen LogP contribution in [0.3, 0.4) is 0 Å². The molecular formula is C12H19N3O5S. The van der Waals surface area contributed by atoms with Crippen molar-refractivity contribution in [2.24, 2.45) is 11.7 Å². The molecule has 0 aliphatic rings. The molecule has 3 N–H and O–H groups in total. The highest BCUT2D eigenvalue weighted by Crippen LogP contribution is 2.28. The lowest BCUT2D eigenvalue weighted by molar-refractivity contribution is -0.385. The highest BCUT2D eigenvalue weighted by molar-refractivity contribution is 7.89. The quantitative estimate of drug-likeness (QED) is 0.568. The monoisotopic (exact) mass is 317 g/mol. The fraction of sp³-hybridized carbons (Fsp3) is 0.500. The summed E-state index contributed by atoms with van der Waals surface area (Å²) in [6, 6.07) is 2.92. The zero-order valence-corrected chi connectivity index (χ0v) is 12.9. The van der Waals surface area contributed by atoms with Crippen LogP contribution in [-0.4, -0.2) is 33.0 Å². The first-order chi connectivity index (χ1) is 9.72. The molecule has 8 nitrogen and oxygen atoms in total. The summed E-state index contributed by atoms with van der Waals surface area (Å²) in [7, 11) is -2.68. The normalized spacial score (nSPS) is 13.2. The van der Waals surface area contributed by atoms with Crippen molar-refractivity contribution in [2.45, 2.75) is 24.8 Å². The summed E-state index contributed by atoms with van der Waals surface area (Å²) in [4.78, 5) is 9.85. The largest absolute Gasteiger partial charge is 0.495 e. The number of nitrogens with one attached hydrogen (secondary N) is 1. The third-order valence-corrected chi connectivity index (χ3v) is 4.52. The lowest BCUT2D eigenvalue weighted by Gasteiger charge is -2.21. The second-order valence-electron chi connectivity index (χ2n) is 4.80. The van der Waals surface area contributed by atoms with E-state index >= 15 is 0 Å². The van der Waals surface area contributed by atoms with Crippen LogP contribution in [0.4, 0.5) is 5.69 Å². The van der Waals surface area contributed by atoms with Gasteiger partial charge < -0.3 is 10.5 Å². The van der Waals surface area contributed by atoms with Crippen molar-refractivity contribution < 1.29 is 18.1 Å². The Morgan fingerprint density at radius 1 is 1.43 bits per heavy atom. The predicted molar refractivity (Wildman–Crippen MR) is 77.7 cm³/mol. The van der Waals surface area contributed by atoms with Crippen LogP contribution in [-0.2, 0) is 10.0 Å². The van der Waals surface area contributed by atoms with Crippen LogP contribution < -0.4 is 15.2 Å². The lowest BCUT2D eigenvalue weighted by atomic mass is 10.1. The Morgan fingerprint density at radius 2 is 2.05 bits per heavy atom. The van der Waals surface area contributed by atoms with Crippen LogP contribution in [0.1, 0.15) is 13.8 Å².